The molecule has 3 aromatic rings. The lowest BCUT2D eigenvalue weighted by atomic mass is 9.79. The Morgan fingerprint density at radius 2 is 1.93 bits per heavy atom. The van der Waals surface area contributed by atoms with Crippen molar-refractivity contribution in [1.29, 1.82) is 0 Å². The van der Waals surface area contributed by atoms with E-state index >= 15 is 0 Å². The van der Waals surface area contributed by atoms with Gasteiger partial charge in [0.1, 0.15) is 6.33 Å². The van der Waals surface area contributed by atoms with Crippen molar-refractivity contribution in [3.63, 3.8) is 0 Å². The SMILES string of the molecule is Cc1nc2ncnn2c(C)c1CCC(=O)N[C@@H](C)CC(C)(C)c1ccccc1. The van der Waals surface area contributed by atoms with Crippen molar-refractivity contribution in [1.82, 2.24) is 24.9 Å². The summed E-state index contributed by atoms with van der Waals surface area (Å²) in [5, 5.41) is 7.36. The van der Waals surface area contributed by atoms with Crippen LogP contribution in [0.3, 0.4) is 0 Å². The van der Waals surface area contributed by atoms with Crippen molar-refractivity contribution in [3.8, 4) is 0 Å². The summed E-state index contributed by atoms with van der Waals surface area (Å²) in [7, 11) is 0. The first-order chi connectivity index (χ1) is 13.3. The number of fused-ring (bicyclic) bond motifs is 1. The summed E-state index contributed by atoms with van der Waals surface area (Å²) < 4.78 is 1.73. The third kappa shape index (κ3) is 4.38. The Morgan fingerprint density at radius 3 is 2.64 bits per heavy atom. The quantitative estimate of drug-likeness (QED) is 0.681. The van der Waals surface area contributed by atoms with E-state index in [1.807, 2.05) is 19.9 Å². The zero-order chi connectivity index (χ0) is 20.3. The molecule has 148 valence electrons. The van der Waals surface area contributed by atoms with Crippen LogP contribution < -0.4 is 5.32 Å². The Labute approximate surface area is 166 Å². The van der Waals surface area contributed by atoms with E-state index in [-0.39, 0.29) is 17.4 Å². The highest BCUT2D eigenvalue weighted by Gasteiger charge is 2.24. The summed E-state index contributed by atoms with van der Waals surface area (Å²) in [4.78, 5) is 21.1. The predicted molar refractivity (Wildman–Crippen MR) is 110 cm³/mol. The third-order valence-electron chi connectivity index (χ3n) is 5.37. The zero-order valence-electron chi connectivity index (χ0n) is 17.4. The van der Waals surface area contributed by atoms with E-state index in [2.05, 4.69) is 65.4 Å². The van der Waals surface area contributed by atoms with Gasteiger partial charge in [-0.2, -0.15) is 10.1 Å². The number of benzene rings is 1. The van der Waals surface area contributed by atoms with Gasteiger partial charge in [0.15, 0.2) is 0 Å². The minimum Gasteiger partial charge on any atom is -0.354 e. The van der Waals surface area contributed by atoms with Gasteiger partial charge in [0.25, 0.3) is 5.78 Å². The van der Waals surface area contributed by atoms with E-state index in [1.54, 1.807) is 4.52 Å². The van der Waals surface area contributed by atoms with Gasteiger partial charge in [-0.05, 0) is 50.2 Å². The van der Waals surface area contributed by atoms with Crippen LogP contribution in [-0.4, -0.2) is 31.5 Å². The van der Waals surface area contributed by atoms with Crippen LogP contribution in [0.1, 0.15) is 56.1 Å². The van der Waals surface area contributed by atoms with Gasteiger partial charge >= 0.3 is 0 Å². The molecule has 28 heavy (non-hydrogen) atoms. The van der Waals surface area contributed by atoms with E-state index in [4.69, 9.17) is 0 Å². The number of amides is 1. The number of aromatic nitrogens is 4. The highest BCUT2D eigenvalue weighted by atomic mass is 16.1. The maximum Gasteiger partial charge on any atom is 0.252 e. The monoisotopic (exact) mass is 379 g/mol. The standard InChI is InChI=1S/C22H29N5O/c1-15(13-22(4,5)18-9-7-6-8-10-18)25-20(28)12-11-19-16(2)26-21-23-14-24-27(21)17(19)3/h6-10,14-15H,11-13H2,1-5H3,(H,25,28)/t15-/m0/s1. The summed E-state index contributed by atoms with van der Waals surface area (Å²) >= 11 is 0. The lowest BCUT2D eigenvalue weighted by Crippen LogP contribution is -2.37. The van der Waals surface area contributed by atoms with Crippen molar-refractivity contribution < 1.29 is 4.79 Å². The molecule has 0 fully saturated rings. The summed E-state index contributed by atoms with van der Waals surface area (Å²) in [5.74, 6) is 0.661. The molecule has 0 saturated carbocycles. The molecule has 6 heteroatoms. The molecular weight excluding hydrogens is 350 g/mol. The zero-order valence-corrected chi connectivity index (χ0v) is 17.4. The van der Waals surface area contributed by atoms with Crippen LogP contribution in [0, 0.1) is 13.8 Å². The number of rotatable bonds is 7. The van der Waals surface area contributed by atoms with Gasteiger partial charge < -0.3 is 5.32 Å². The first kappa shape index (κ1) is 20.0. The average Bonchev–Trinajstić information content (AvgIpc) is 3.10. The second kappa shape index (κ2) is 8.09. The molecule has 0 bridgehead atoms. The predicted octanol–water partition coefficient (Wildman–Crippen LogP) is 3.55. The van der Waals surface area contributed by atoms with Gasteiger partial charge in [-0.3, -0.25) is 4.79 Å². The van der Waals surface area contributed by atoms with Crippen molar-refractivity contribution in [2.45, 2.75) is 65.3 Å². The van der Waals surface area contributed by atoms with Gasteiger partial charge in [0, 0.05) is 23.9 Å². The third-order valence-corrected chi connectivity index (χ3v) is 5.37. The minimum atomic E-state index is 0.00316. The molecule has 0 unspecified atom stereocenters. The Hall–Kier alpha value is -2.76. The summed E-state index contributed by atoms with van der Waals surface area (Å²) in [5.41, 5.74) is 4.25. The van der Waals surface area contributed by atoms with Crippen LogP contribution in [0.2, 0.25) is 0 Å². The van der Waals surface area contributed by atoms with E-state index in [9.17, 15) is 4.79 Å². The molecule has 2 heterocycles. The maximum atomic E-state index is 12.5. The fraction of sp³-hybridized carbons (Fsp3) is 0.455. The highest BCUT2D eigenvalue weighted by molar-refractivity contribution is 5.76. The minimum absolute atomic E-state index is 0.00316. The van der Waals surface area contributed by atoms with Crippen molar-refractivity contribution in [2.24, 2.45) is 0 Å². The number of aryl methyl sites for hydroxylation is 2. The van der Waals surface area contributed by atoms with E-state index in [0.29, 0.717) is 18.6 Å². The molecule has 0 aliphatic carbocycles. The van der Waals surface area contributed by atoms with Crippen LogP contribution in [0.25, 0.3) is 5.78 Å². The van der Waals surface area contributed by atoms with Gasteiger partial charge in [-0.1, -0.05) is 44.2 Å². The molecule has 2 aromatic heterocycles. The van der Waals surface area contributed by atoms with Crippen molar-refractivity contribution in [2.75, 3.05) is 0 Å². The van der Waals surface area contributed by atoms with Crippen LogP contribution in [-0.2, 0) is 16.6 Å². The average molecular weight is 380 g/mol. The fourth-order valence-corrected chi connectivity index (χ4v) is 3.93. The number of nitrogens with zero attached hydrogens (tertiary/aromatic N) is 4. The van der Waals surface area contributed by atoms with Crippen LogP contribution in [0.15, 0.2) is 36.7 Å². The van der Waals surface area contributed by atoms with Gasteiger partial charge in [-0.25, -0.2) is 9.50 Å². The molecule has 0 radical (unpaired) electrons. The first-order valence-electron chi connectivity index (χ1n) is 9.78. The molecule has 6 nitrogen and oxygen atoms in total. The van der Waals surface area contributed by atoms with Gasteiger partial charge in [-0.15, -0.1) is 0 Å². The van der Waals surface area contributed by atoms with E-state index < -0.39 is 0 Å². The number of carbonyl (C=O) groups excluding carboxylic acids is 1. The summed E-state index contributed by atoms with van der Waals surface area (Å²) in [6, 6.07) is 10.5. The Kier molecular flexibility index (Phi) is 5.77. The summed E-state index contributed by atoms with van der Waals surface area (Å²) in [6.07, 6.45) is 3.45. The molecule has 0 aliphatic rings. The van der Waals surface area contributed by atoms with Crippen LogP contribution in [0.4, 0.5) is 0 Å². The molecule has 0 spiro atoms. The first-order valence-corrected chi connectivity index (χ1v) is 9.78. The summed E-state index contributed by atoms with van der Waals surface area (Å²) in [6.45, 7) is 10.5. The molecule has 0 aliphatic heterocycles. The Bertz CT molecular complexity index is 962. The topological polar surface area (TPSA) is 72.2 Å². The molecule has 1 atom stereocenters. The Morgan fingerprint density at radius 1 is 1.21 bits per heavy atom. The number of carbonyl (C=O) groups is 1. The molecule has 1 N–H and O–H groups in total. The van der Waals surface area contributed by atoms with Gasteiger partial charge in [0.2, 0.25) is 5.91 Å². The van der Waals surface area contributed by atoms with E-state index in [0.717, 1.165) is 23.4 Å². The largest absolute Gasteiger partial charge is 0.354 e. The molecule has 1 amide bonds. The molecule has 3 rings (SSSR count). The molecule has 1 aromatic carbocycles. The van der Waals surface area contributed by atoms with Crippen molar-refractivity contribution in [3.05, 3.63) is 59.2 Å². The second-order valence-corrected chi connectivity index (χ2v) is 8.16. The normalized spacial score (nSPS) is 12.9. The maximum absolute atomic E-state index is 12.5. The van der Waals surface area contributed by atoms with Crippen LogP contribution >= 0.6 is 0 Å². The number of hydrogen-bond donors (Lipinski definition) is 1. The lowest BCUT2D eigenvalue weighted by molar-refractivity contribution is -0.121. The smallest absolute Gasteiger partial charge is 0.252 e. The van der Waals surface area contributed by atoms with Crippen LogP contribution in [0.5, 0.6) is 0 Å². The second-order valence-electron chi connectivity index (χ2n) is 8.16. The van der Waals surface area contributed by atoms with E-state index in [1.165, 1.54) is 11.9 Å². The lowest BCUT2D eigenvalue weighted by Gasteiger charge is -2.29. The number of nitrogens with one attached hydrogen (secondary N) is 1. The number of hydrogen-bond acceptors (Lipinski definition) is 4. The fourth-order valence-electron chi connectivity index (χ4n) is 3.93. The highest BCUT2D eigenvalue weighted by Crippen LogP contribution is 2.28. The van der Waals surface area contributed by atoms with Gasteiger partial charge in [0.05, 0.1) is 0 Å². The molecule has 0 saturated heterocycles. The Balaban J connectivity index is 1.59. The molecular formula is C22H29N5O. The van der Waals surface area contributed by atoms with Crippen molar-refractivity contribution >= 4 is 11.7 Å².